The fourth-order valence-corrected chi connectivity index (χ4v) is 4.04. The number of nitrogens with zero attached hydrogens (tertiary/aromatic N) is 1. The summed E-state index contributed by atoms with van der Waals surface area (Å²) in [5.74, 6) is -0.768. The zero-order valence-corrected chi connectivity index (χ0v) is 21.7. The molecule has 1 aromatic heterocycles. The van der Waals surface area contributed by atoms with Crippen molar-refractivity contribution in [2.75, 3.05) is 40.9 Å². The van der Waals surface area contributed by atoms with E-state index in [1.54, 1.807) is 50.2 Å². The SMILES string of the molecule is COC(=O)c1c(C)nc(C)c(C(=O)OC)c1-c1ccc(NC(=O)c2ccc(OC)c(OC)c2OC)cc1. The zero-order valence-electron chi connectivity index (χ0n) is 21.7. The van der Waals surface area contributed by atoms with Gasteiger partial charge < -0.3 is 29.0 Å². The predicted octanol–water partition coefficient (Wildman–Crippen LogP) is 4.22. The highest BCUT2D eigenvalue weighted by molar-refractivity contribution is 6.08. The van der Waals surface area contributed by atoms with Crippen LogP contribution >= 0.6 is 0 Å². The second-order valence-electron chi connectivity index (χ2n) is 7.80. The Kier molecular flexibility index (Phi) is 8.33. The normalized spacial score (nSPS) is 10.4. The van der Waals surface area contributed by atoms with Crippen LogP contribution in [0.25, 0.3) is 11.1 Å². The van der Waals surface area contributed by atoms with E-state index in [2.05, 4.69) is 10.3 Å². The third-order valence-corrected chi connectivity index (χ3v) is 5.72. The van der Waals surface area contributed by atoms with Crippen molar-refractivity contribution in [3.05, 3.63) is 64.5 Å². The number of carbonyl (C=O) groups is 3. The summed E-state index contributed by atoms with van der Waals surface area (Å²) in [6.45, 7) is 3.32. The Balaban J connectivity index is 2.04. The van der Waals surface area contributed by atoms with Gasteiger partial charge in [-0.1, -0.05) is 12.1 Å². The molecule has 10 nitrogen and oxygen atoms in total. The molecular formula is C27H28N2O8. The van der Waals surface area contributed by atoms with Crippen molar-refractivity contribution in [3.63, 3.8) is 0 Å². The minimum absolute atomic E-state index is 0.153. The number of nitrogens with one attached hydrogen (secondary N) is 1. The fraction of sp³-hybridized carbons (Fsp3) is 0.259. The van der Waals surface area contributed by atoms with Crippen LogP contribution in [0.1, 0.15) is 42.5 Å². The van der Waals surface area contributed by atoms with Crippen LogP contribution in [0.4, 0.5) is 5.69 Å². The molecule has 0 fully saturated rings. The molecule has 0 atom stereocenters. The number of benzene rings is 2. The van der Waals surface area contributed by atoms with E-state index in [1.807, 2.05) is 0 Å². The molecule has 10 heteroatoms. The first-order chi connectivity index (χ1) is 17.7. The smallest absolute Gasteiger partial charge is 0.340 e. The highest BCUT2D eigenvalue weighted by atomic mass is 16.5. The number of hydrogen-bond donors (Lipinski definition) is 1. The molecule has 0 spiro atoms. The van der Waals surface area contributed by atoms with Gasteiger partial charge in [0.25, 0.3) is 5.91 Å². The topological polar surface area (TPSA) is 122 Å². The Morgan fingerprint density at radius 1 is 0.703 bits per heavy atom. The molecule has 1 heterocycles. The first kappa shape index (κ1) is 27.0. The lowest BCUT2D eigenvalue weighted by Crippen LogP contribution is -2.16. The Hall–Kier alpha value is -4.60. The summed E-state index contributed by atoms with van der Waals surface area (Å²) >= 11 is 0. The molecule has 0 radical (unpaired) electrons. The van der Waals surface area contributed by atoms with Crippen LogP contribution in [0.15, 0.2) is 36.4 Å². The maximum absolute atomic E-state index is 13.1. The summed E-state index contributed by atoms with van der Waals surface area (Å²) < 4.78 is 25.9. The number of carbonyl (C=O) groups excluding carboxylic acids is 3. The van der Waals surface area contributed by atoms with E-state index < -0.39 is 17.8 Å². The van der Waals surface area contributed by atoms with Crippen LogP contribution in [-0.4, -0.2) is 58.4 Å². The van der Waals surface area contributed by atoms with Crippen LogP contribution in [0, 0.1) is 13.8 Å². The summed E-state index contributed by atoms with van der Waals surface area (Å²) in [5.41, 5.74) is 2.70. The molecule has 2 aromatic carbocycles. The summed E-state index contributed by atoms with van der Waals surface area (Å²) in [6, 6.07) is 9.82. The van der Waals surface area contributed by atoms with Crippen molar-refractivity contribution in [1.29, 1.82) is 0 Å². The average molecular weight is 509 g/mol. The van der Waals surface area contributed by atoms with Gasteiger partial charge in [0.2, 0.25) is 5.75 Å². The summed E-state index contributed by atoms with van der Waals surface area (Å²) in [4.78, 5) is 42.6. The molecule has 3 aromatic rings. The molecule has 1 N–H and O–H groups in total. The highest BCUT2D eigenvalue weighted by Crippen LogP contribution is 2.40. The highest BCUT2D eigenvalue weighted by Gasteiger charge is 2.27. The number of aromatic nitrogens is 1. The third kappa shape index (κ3) is 5.18. The number of pyridine rings is 1. The molecule has 194 valence electrons. The fourth-order valence-electron chi connectivity index (χ4n) is 4.04. The Morgan fingerprint density at radius 2 is 1.24 bits per heavy atom. The van der Waals surface area contributed by atoms with Gasteiger partial charge in [-0.05, 0) is 43.7 Å². The van der Waals surface area contributed by atoms with Gasteiger partial charge in [-0.25, -0.2) is 9.59 Å². The third-order valence-electron chi connectivity index (χ3n) is 5.72. The van der Waals surface area contributed by atoms with Crippen LogP contribution in [0.2, 0.25) is 0 Å². The number of rotatable bonds is 8. The largest absolute Gasteiger partial charge is 0.493 e. The first-order valence-electron chi connectivity index (χ1n) is 11.1. The van der Waals surface area contributed by atoms with Gasteiger partial charge in [0, 0.05) is 11.3 Å². The van der Waals surface area contributed by atoms with E-state index >= 15 is 0 Å². The van der Waals surface area contributed by atoms with Crippen molar-refractivity contribution in [2.45, 2.75) is 13.8 Å². The van der Waals surface area contributed by atoms with E-state index in [0.717, 1.165) is 0 Å². The van der Waals surface area contributed by atoms with Gasteiger partial charge in [0.1, 0.15) is 0 Å². The predicted molar refractivity (Wildman–Crippen MR) is 136 cm³/mol. The van der Waals surface area contributed by atoms with Crippen molar-refractivity contribution in [2.24, 2.45) is 0 Å². The van der Waals surface area contributed by atoms with E-state index in [9.17, 15) is 14.4 Å². The van der Waals surface area contributed by atoms with Gasteiger partial charge >= 0.3 is 11.9 Å². The molecule has 0 aliphatic heterocycles. The van der Waals surface area contributed by atoms with Crippen LogP contribution in [0.5, 0.6) is 17.2 Å². The maximum Gasteiger partial charge on any atom is 0.340 e. The van der Waals surface area contributed by atoms with Gasteiger partial charge in [0.05, 0.1) is 63.6 Å². The second kappa shape index (κ2) is 11.4. The first-order valence-corrected chi connectivity index (χ1v) is 11.1. The Bertz CT molecular complexity index is 1310. The Labute approximate surface area is 214 Å². The molecule has 0 aliphatic carbocycles. The van der Waals surface area contributed by atoms with Crippen molar-refractivity contribution >= 4 is 23.5 Å². The lowest BCUT2D eigenvalue weighted by molar-refractivity contribution is 0.0598. The van der Waals surface area contributed by atoms with Crippen molar-refractivity contribution in [1.82, 2.24) is 4.98 Å². The minimum atomic E-state index is -0.636. The molecule has 1 amide bonds. The number of amides is 1. The lowest BCUT2D eigenvalue weighted by atomic mass is 9.92. The number of esters is 2. The lowest BCUT2D eigenvalue weighted by Gasteiger charge is -2.17. The quantitative estimate of drug-likeness (QED) is 0.446. The van der Waals surface area contributed by atoms with Gasteiger partial charge in [0.15, 0.2) is 11.5 Å². The number of aryl methyl sites for hydroxylation is 2. The van der Waals surface area contributed by atoms with E-state index in [1.165, 1.54) is 35.5 Å². The van der Waals surface area contributed by atoms with Gasteiger partial charge in [-0.15, -0.1) is 0 Å². The molecule has 0 bridgehead atoms. The standard InChI is InChI=1S/C27H28N2O8/c1-14-20(26(31)36-6)22(21(15(2)28-14)27(32)37-7)16-8-10-17(11-9-16)29-25(30)18-12-13-19(33-3)24(35-5)23(18)34-4/h8-13H,1-7H3,(H,29,30). The number of methoxy groups -OCH3 is 5. The molecule has 0 aliphatic rings. The minimum Gasteiger partial charge on any atom is -0.493 e. The van der Waals surface area contributed by atoms with Crippen molar-refractivity contribution in [3.8, 4) is 28.4 Å². The average Bonchev–Trinajstić information content (AvgIpc) is 2.91. The molecule has 0 saturated heterocycles. The van der Waals surface area contributed by atoms with E-state index in [-0.39, 0.29) is 22.4 Å². The van der Waals surface area contributed by atoms with Crippen LogP contribution < -0.4 is 19.5 Å². The molecule has 0 saturated carbocycles. The maximum atomic E-state index is 13.1. The molecule has 0 unspecified atom stereocenters. The second-order valence-corrected chi connectivity index (χ2v) is 7.80. The molecule has 3 rings (SSSR count). The number of ether oxygens (including phenoxy) is 5. The summed E-state index contributed by atoms with van der Waals surface area (Å²) in [5, 5.41) is 2.81. The molecule has 37 heavy (non-hydrogen) atoms. The number of hydrogen-bond acceptors (Lipinski definition) is 9. The van der Waals surface area contributed by atoms with Gasteiger partial charge in [-0.2, -0.15) is 0 Å². The van der Waals surface area contributed by atoms with Gasteiger partial charge in [-0.3, -0.25) is 9.78 Å². The van der Waals surface area contributed by atoms with Crippen LogP contribution in [0.3, 0.4) is 0 Å². The summed E-state index contributed by atoms with van der Waals surface area (Å²) in [7, 11) is 6.88. The Morgan fingerprint density at radius 3 is 1.70 bits per heavy atom. The van der Waals surface area contributed by atoms with Crippen molar-refractivity contribution < 1.29 is 38.1 Å². The summed E-state index contributed by atoms with van der Waals surface area (Å²) in [6.07, 6.45) is 0. The zero-order chi connectivity index (χ0) is 27.3. The number of anilines is 1. The monoisotopic (exact) mass is 508 g/mol. The van der Waals surface area contributed by atoms with E-state index in [4.69, 9.17) is 23.7 Å². The molecular weight excluding hydrogens is 480 g/mol. The van der Waals surface area contributed by atoms with Crippen LogP contribution in [-0.2, 0) is 9.47 Å². The van der Waals surface area contributed by atoms with E-state index in [0.29, 0.717) is 39.7 Å².